The highest BCUT2D eigenvalue weighted by molar-refractivity contribution is 7.96. The molecule has 2 nitrogen and oxygen atoms in total. The van der Waals surface area contributed by atoms with Crippen LogP contribution in [0, 0.1) is 0 Å². The smallest absolute Gasteiger partial charge is 0.275 e. The Morgan fingerprint density at radius 1 is 1.75 bits per heavy atom. The molecule has 0 aromatic heterocycles. The standard InChI is InChI=1S/C4H8FNOS/c5-2-1-3-6-4(7)8/h1-3H2,(H2,6,7,8). The first-order valence-electron chi connectivity index (χ1n) is 2.30. The average Bonchev–Trinajstić information content (AvgIpc) is 1.66. The maximum Gasteiger partial charge on any atom is 0.275 e. The van der Waals surface area contributed by atoms with Crippen molar-refractivity contribution in [3.8, 4) is 0 Å². The van der Waals surface area contributed by atoms with Gasteiger partial charge in [0, 0.05) is 6.54 Å². The highest BCUT2D eigenvalue weighted by Gasteiger charge is 1.88. The largest absolute Gasteiger partial charge is 0.347 e. The zero-order valence-electron chi connectivity index (χ0n) is 4.35. The Balaban J connectivity index is 2.82. The molecule has 1 amide bonds. The van der Waals surface area contributed by atoms with Crippen molar-refractivity contribution in [2.24, 2.45) is 0 Å². The quantitative estimate of drug-likeness (QED) is 0.440. The molecule has 0 aliphatic heterocycles. The van der Waals surface area contributed by atoms with Gasteiger partial charge in [0.1, 0.15) is 0 Å². The van der Waals surface area contributed by atoms with Crippen LogP contribution in [-0.2, 0) is 0 Å². The van der Waals surface area contributed by atoms with E-state index in [0.29, 0.717) is 13.0 Å². The molecule has 0 rings (SSSR count). The second kappa shape index (κ2) is 4.90. The molecule has 0 bridgehead atoms. The van der Waals surface area contributed by atoms with E-state index in [1.807, 2.05) is 0 Å². The molecule has 0 atom stereocenters. The lowest BCUT2D eigenvalue weighted by Crippen LogP contribution is -2.17. The van der Waals surface area contributed by atoms with E-state index in [4.69, 9.17) is 0 Å². The minimum atomic E-state index is -0.404. The van der Waals surface area contributed by atoms with E-state index in [1.54, 1.807) is 0 Å². The minimum Gasteiger partial charge on any atom is -0.347 e. The van der Waals surface area contributed by atoms with Crippen molar-refractivity contribution in [3.05, 3.63) is 0 Å². The average molecular weight is 137 g/mol. The number of thiol groups is 1. The molecule has 0 saturated heterocycles. The van der Waals surface area contributed by atoms with Gasteiger partial charge in [-0.3, -0.25) is 9.18 Å². The normalized spacial score (nSPS) is 8.75. The first-order chi connectivity index (χ1) is 3.77. The molecule has 8 heavy (non-hydrogen) atoms. The molecule has 0 saturated carbocycles. The molecule has 48 valence electrons. The summed E-state index contributed by atoms with van der Waals surface area (Å²) in [4.78, 5) is 9.95. The number of alkyl halides is 1. The van der Waals surface area contributed by atoms with Gasteiger partial charge >= 0.3 is 0 Å². The van der Waals surface area contributed by atoms with Crippen molar-refractivity contribution >= 4 is 17.9 Å². The van der Waals surface area contributed by atoms with Gasteiger partial charge < -0.3 is 5.32 Å². The van der Waals surface area contributed by atoms with Crippen LogP contribution in [0.25, 0.3) is 0 Å². The van der Waals surface area contributed by atoms with E-state index in [9.17, 15) is 9.18 Å². The van der Waals surface area contributed by atoms with Crippen LogP contribution >= 0.6 is 12.6 Å². The summed E-state index contributed by atoms with van der Waals surface area (Å²) in [5, 5.41) is 1.93. The molecule has 0 aliphatic rings. The van der Waals surface area contributed by atoms with Gasteiger partial charge in [-0.1, -0.05) is 12.6 Å². The number of rotatable bonds is 3. The van der Waals surface area contributed by atoms with Crippen LogP contribution in [0.1, 0.15) is 6.42 Å². The van der Waals surface area contributed by atoms with Gasteiger partial charge in [-0.05, 0) is 6.42 Å². The number of hydrogen-bond donors (Lipinski definition) is 2. The van der Waals surface area contributed by atoms with Crippen LogP contribution < -0.4 is 5.32 Å². The third kappa shape index (κ3) is 5.75. The second-order valence-electron chi connectivity index (χ2n) is 1.27. The van der Waals surface area contributed by atoms with E-state index in [-0.39, 0.29) is 0 Å². The highest BCUT2D eigenvalue weighted by Crippen LogP contribution is 1.79. The maximum absolute atomic E-state index is 11.3. The maximum atomic E-state index is 11.3. The van der Waals surface area contributed by atoms with Gasteiger partial charge in [-0.2, -0.15) is 0 Å². The summed E-state index contributed by atoms with van der Waals surface area (Å²) in [6.45, 7) is -0.0209. The molecule has 0 heterocycles. The Hall–Kier alpha value is -0.250. The third-order valence-corrected chi connectivity index (χ3v) is 0.745. The molecule has 0 aromatic carbocycles. The molecule has 0 aliphatic carbocycles. The van der Waals surface area contributed by atoms with Crippen molar-refractivity contribution in [2.75, 3.05) is 13.2 Å². The van der Waals surface area contributed by atoms with Gasteiger partial charge in [0.05, 0.1) is 6.67 Å². The van der Waals surface area contributed by atoms with Crippen LogP contribution in [0.15, 0.2) is 0 Å². The number of carbonyl (C=O) groups is 1. The molecule has 1 N–H and O–H groups in total. The van der Waals surface area contributed by atoms with Crippen LogP contribution in [-0.4, -0.2) is 18.5 Å². The summed E-state index contributed by atoms with van der Waals surface area (Å²) in [7, 11) is 0. The lowest BCUT2D eigenvalue weighted by molar-refractivity contribution is 0.260. The van der Waals surface area contributed by atoms with Crippen molar-refractivity contribution in [3.63, 3.8) is 0 Å². The molecule has 0 spiro atoms. The van der Waals surface area contributed by atoms with Crippen molar-refractivity contribution in [1.29, 1.82) is 0 Å². The number of nitrogens with one attached hydrogen (secondary N) is 1. The minimum absolute atomic E-state index is 0.367. The van der Waals surface area contributed by atoms with Gasteiger partial charge in [0.15, 0.2) is 0 Å². The van der Waals surface area contributed by atoms with Gasteiger partial charge in [-0.15, -0.1) is 0 Å². The topological polar surface area (TPSA) is 29.1 Å². The number of halogens is 1. The lowest BCUT2D eigenvalue weighted by atomic mass is 10.5. The summed E-state index contributed by atoms with van der Waals surface area (Å²) in [6, 6.07) is 0. The Bertz CT molecular complexity index is 78.4. The second-order valence-corrected chi connectivity index (χ2v) is 1.68. The predicted octanol–water partition coefficient (Wildman–Crippen LogP) is 0.985. The number of hydrogen-bond acceptors (Lipinski definition) is 1. The first kappa shape index (κ1) is 7.75. The van der Waals surface area contributed by atoms with Gasteiger partial charge in [0.25, 0.3) is 5.24 Å². The molecule has 4 heteroatoms. The van der Waals surface area contributed by atoms with Crippen LogP contribution in [0.2, 0.25) is 0 Å². The number of amides is 1. The molecule has 0 unspecified atom stereocenters. The molecule has 0 fully saturated rings. The molecular formula is C4H8FNOS. The summed E-state index contributed by atoms with van der Waals surface area (Å²) in [5.41, 5.74) is 0. The van der Waals surface area contributed by atoms with Gasteiger partial charge in [-0.25, -0.2) is 0 Å². The first-order valence-corrected chi connectivity index (χ1v) is 2.75. The number of carbonyl (C=O) groups excluding carboxylic acids is 1. The third-order valence-electron chi connectivity index (χ3n) is 0.587. The van der Waals surface area contributed by atoms with Crippen molar-refractivity contribution in [2.45, 2.75) is 6.42 Å². The van der Waals surface area contributed by atoms with E-state index in [0.717, 1.165) is 0 Å². The molecular weight excluding hydrogens is 129 g/mol. The Kier molecular flexibility index (Phi) is 4.75. The summed E-state index contributed by atoms with van der Waals surface area (Å²) in [5.74, 6) is 0. The SMILES string of the molecule is O=C(S)NCCCF. The van der Waals surface area contributed by atoms with E-state index >= 15 is 0 Å². The summed E-state index contributed by atoms with van der Waals surface area (Å²) < 4.78 is 11.3. The zero-order chi connectivity index (χ0) is 6.41. The molecule has 0 aromatic rings. The van der Waals surface area contributed by atoms with Crippen molar-refractivity contribution < 1.29 is 9.18 Å². The van der Waals surface area contributed by atoms with E-state index < -0.39 is 11.9 Å². The summed E-state index contributed by atoms with van der Waals surface area (Å²) >= 11 is 3.40. The van der Waals surface area contributed by atoms with Crippen LogP contribution in [0.4, 0.5) is 9.18 Å². The Morgan fingerprint density at radius 3 is 2.75 bits per heavy atom. The fourth-order valence-corrected chi connectivity index (χ4v) is 0.374. The highest BCUT2D eigenvalue weighted by atomic mass is 32.1. The zero-order valence-corrected chi connectivity index (χ0v) is 5.25. The van der Waals surface area contributed by atoms with E-state index in [2.05, 4.69) is 17.9 Å². The van der Waals surface area contributed by atoms with E-state index in [1.165, 1.54) is 0 Å². The van der Waals surface area contributed by atoms with Crippen LogP contribution in [0.3, 0.4) is 0 Å². The molecule has 0 radical (unpaired) electrons. The lowest BCUT2D eigenvalue weighted by Gasteiger charge is -1.94. The van der Waals surface area contributed by atoms with Gasteiger partial charge in [0.2, 0.25) is 0 Å². The predicted molar refractivity (Wildman–Crippen MR) is 33.0 cm³/mol. The Labute approximate surface area is 52.9 Å². The van der Waals surface area contributed by atoms with Crippen LogP contribution in [0.5, 0.6) is 0 Å². The fraction of sp³-hybridized carbons (Fsp3) is 0.750. The monoisotopic (exact) mass is 137 g/mol. The van der Waals surface area contributed by atoms with Crippen molar-refractivity contribution in [1.82, 2.24) is 5.32 Å². The summed E-state index contributed by atoms with van der Waals surface area (Å²) in [6.07, 6.45) is 0.367. The fourth-order valence-electron chi connectivity index (χ4n) is 0.262. The Morgan fingerprint density at radius 2 is 2.38 bits per heavy atom.